The van der Waals surface area contributed by atoms with Gasteiger partial charge >= 0.3 is 0 Å². The number of H-pyrrole nitrogens is 1. The van der Waals surface area contributed by atoms with E-state index in [2.05, 4.69) is 25.1 Å². The molecule has 0 bridgehead atoms. The molecule has 0 aromatic carbocycles. The zero-order valence-corrected chi connectivity index (χ0v) is 13.8. The van der Waals surface area contributed by atoms with E-state index in [0.29, 0.717) is 6.04 Å². The minimum Gasteiger partial charge on any atom is -0.381 e. The normalized spacial score (nSPS) is 25.2. The summed E-state index contributed by atoms with van der Waals surface area (Å²) >= 11 is 0. The molecule has 128 valence electrons. The van der Waals surface area contributed by atoms with Crippen LogP contribution in [0.5, 0.6) is 0 Å². The van der Waals surface area contributed by atoms with Gasteiger partial charge in [0.15, 0.2) is 0 Å². The van der Waals surface area contributed by atoms with Gasteiger partial charge in [-0.25, -0.2) is 4.98 Å². The van der Waals surface area contributed by atoms with Gasteiger partial charge in [-0.3, -0.25) is 14.6 Å². The Hall–Kier alpha value is -1.44. The van der Waals surface area contributed by atoms with Crippen molar-refractivity contribution in [2.45, 2.75) is 25.4 Å². The summed E-state index contributed by atoms with van der Waals surface area (Å²) in [5, 5.41) is 2.82. The predicted octanol–water partition coefficient (Wildman–Crippen LogP) is 0.0685. The molecule has 0 spiro atoms. The molecule has 0 unspecified atom stereocenters. The number of imidazole rings is 1. The van der Waals surface area contributed by atoms with Crippen LogP contribution in [-0.4, -0.2) is 78.2 Å². The number of carbonyl (C=O) groups excluding carboxylic acids is 1. The van der Waals surface area contributed by atoms with E-state index in [1.54, 1.807) is 13.2 Å². The van der Waals surface area contributed by atoms with Gasteiger partial charge < -0.3 is 15.0 Å². The Morgan fingerprint density at radius 2 is 2.22 bits per heavy atom. The Bertz CT molecular complexity index is 487. The molecular formula is C16H27N5O2. The second kappa shape index (κ2) is 7.90. The highest BCUT2D eigenvalue weighted by molar-refractivity contribution is 5.78. The van der Waals surface area contributed by atoms with E-state index < -0.39 is 0 Å². The Labute approximate surface area is 137 Å². The van der Waals surface area contributed by atoms with Crippen LogP contribution in [-0.2, 0) is 16.1 Å². The highest BCUT2D eigenvalue weighted by Gasteiger charge is 2.31. The SMILES string of the molecule is CNC(=O)[C@@H]1CN(Cc2ncc[nH]2)CCN(C2CCOCC2)C1. The van der Waals surface area contributed by atoms with Gasteiger partial charge in [-0.2, -0.15) is 0 Å². The van der Waals surface area contributed by atoms with Crippen molar-refractivity contribution in [1.29, 1.82) is 0 Å². The summed E-state index contributed by atoms with van der Waals surface area (Å²) < 4.78 is 5.48. The maximum absolute atomic E-state index is 12.3. The lowest BCUT2D eigenvalue weighted by atomic mass is 10.0. The number of nitrogens with zero attached hydrogens (tertiary/aromatic N) is 3. The summed E-state index contributed by atoms with van der Waals surface area (Å²) in [4.78, 5) is 24.6. The number of nitrogens with one attached hydrogen (secondary N) is 2. The molecule has 2 aliphatic heterocycles. The fourth-order valence-electron chi connectivity index (χ4n) is 3.60. The van der Waals surface area contributed by atoms with Crippen molar-refractivity contribution in [3.05, 3.63) is 18.2 Å². The van der Waals surface area contributed by atoms with Gasteiger partial charge in [-0.05, 0) is 12.8 Å². The van der Waals surface area contributed by atoms with E-state index in [0.717, 1.165) is 64.6 Å². The first-order valence-electron chi connectivity index (χ1n) is 8.50. The Balaban J connectivity index is 1.67. The second-order valence-electron chi connectivity index (χ2n) is 6.42. The number of aromatic amines is 1. The third-order valence-electron chi connectivity index (χ3n) is 4.89. The Morgan fingerprint density at radius 3 is 2.91 bits per heavy atom. The van der Waals surface area contributed by atoms with Gasteiger partial charge in [0, 0.05) is 64.9 Å². The van der Waals surface area contributed by atoms with E-state index in [9.17, 15) is 4.79 Å². The molecule has 3 rings (SSSR count). The van der Waals surface area contributed by atoms with Crippen molar-refractivity contribution in [2.24, 2.45) is 5.92 Å². The molecule has 0 aliphatic carbocycles. The largest absolute Gasteiger partial charge is 0.381 e. The van der Waals surface area contributed by atoms with Crippen molar-refractivity contribution >= 4 is 5.91 Å². The van der Waals surface area contributed by atoms with Crippen LogP contribution in [0.4, 0.5) is 0 Å². The number of ether oxygens (including phenoxy) is 1. The summed E-state index contributed by atoms with van der Waals surface area (Å²) in [7, 11) is 1.73. The molecule has 2 saturated heterocycles. The van der Waals surface area contributed by atoms with Crippen LogP contribution in [0, 0.1) is 5.92 Å². The molecule has 1 atom stereocenters. The third kappa shape index (κ3) is 4.31. The Kier molecular flexibility index (Phi) is 5.64. The molecule has 7 heteroatoms. The van der Waals surface area contributed by atoms with Crippen LogP contribution in [0.2, 0.25) is 0 Å². The van der Waals surface area contributed by atoms with E-state index >= 15 is 0 Å². The monoisotopic (exact) mass is 321 g/mol. The lowest BCUT2D eigenvalue weighted by Crippen LogP contribution is -2.45. The fourth-order valence-corrected chi connectivity index (χ4v) is 3.60. The summed E-state index contributed by atoms with van der Waals surface area (Å²) in [6.45, 7) is 6.01. The van der Waals surface area contributed by atoms with Gasteiger partial charge in [-0.15, -0.1) is 0 Å². The van der Waals surface area contributed by atoms with Gasteiger partial charge in [-0.1, -0.05) is 0 Å². The standard InChI is InChI=1S/C16H27N5O2/c1-17-16(22)13-10-20(12-15-18-4-5-19-15)6-7-21(11-13)14-2-8-23-9-3-14/h4-5,13-14H,2-3,6-12H2,1H3,(H,17,22)(H,18,19)/t13-/m1/s1. The molecule has 23 heavy (non-hydrogen) atoms. The van der Waals surface area contributed by atoms with Crippen molar-refractivity contribution in [1.82, 2.24) is 25.1 Å². The minimum atomic E-state index is 0.000284. The number of hydrogen-bond acceptors (Lipinski definition) is 5. The van der Waals surface area contributed by atoms with Crippen LogP contribution in [0.3, 0.4) is 0 Å². The van der Waals surface area contributed by atoms with Crippen molar-refractivity contribution < 1.29 is 9.53 Å². The maximum atomic E-state index is 12.3. The molecule has 3 heterocycles. The maximum Gasteiger partial charge on any atom is 0.225 e. The second-order valence-corrected chi connectivity index (χ2v) is 6.42. The van der Waals surface area contributed by atoms with Gasteiger partial charge in [0.2, 0.25) is 5.91 Å². The molecule has 2 N–H and O–H groups in total. The topological polar surface area (TPSA) is 73.5 Å². The first-order valence-corrected chi connectivity index (χ1v) is 8.50. The lowest BCUT2D eigenvalue weighted by Gasteiger charge is -2.34. The van der Waals surface area contributed by atoms with Crippen LogP contribution in [0.25, 0.3) is 0 Å². The predicted molar refractivity (Wildman–Crippen MR) is 86.8 cm³/mol. The molecular weight excluding hydrogens is 294 g/mol. The minimum absolute atomic E-state index is 0.000284. The molecule has 0 saturated carbocycles. The molecule has 2 fully saturated rings. The third-order valence-corrected chi connectivity index (χ3v) is 4.89. The van der Waals surface area contributed by atoms with Crippen molar-refractivity contribution in [3.63, 3.8) is 0 Å². The molecule has 0 radical (unpaired) electrons. The number of carbonyl (C=O) groups is 1. The van der Waals surface area contributed by atoms with Crippen LogP contribution >= 0.6 is 0 Å². The first kappa shape index (κ1) is 16.4. The fraction of sp³-hybridized carbons (Fsp3) is 0.750. The van der Waals surface area contributed by atoms with Crippen molar-refractivity contribution in [3.8, 4) is 0 Å². The molecule has 2 aliphatic rings. The van der Waals surface area contributed by atoms with E-state index in [1.165, 1.54) is 0 Å². The smallest absolute Gasteiger partial charge is 0.225 e. The zero-order valence-electron chi connectivity index (χ0n) is 13.8. The molecule has 7 nitrogen and oxygen atoms in total. The first-order chi connectivity index (χ1) is 11.3. The average molecular weight is 321 g/mol. The average Bonchev–Trinajstić information content (AvgIpc) is 3.00. The number of amides is 1. The molecule has 1 aromatic heterocycles. The summed E-state index contributed by atoms with van der Waals surface area (Å²) in [6, 6.07) is 0.541. The number of rotatable bonds is 4. The highest BCUT2D eigenvalue weighted by atomic mass is 16.5. The molecule has 1 amide bonds. The quantitative estimate of drug-likeness (QED) is 0.821. The summed E-state index contributed by atoms with van der Waals surface area (Å²) in [6.07, 6.45) is 5.76. The van der Waals surface area contributed by atoms with Crippen LogP contribution < -0.4 is 5.32 Å². The summed E-state index contributed by atoms with van der Waals surface area (Å²) in [5.41, 5.74) is 0. The zero-order chi connectivity index (χ0) is 16.1. The highest BCUT2D eigenvalue weighted by Crippen LogP contribution is 2.20. The van der Waals surface area contributed by atoms with Crippen LogP contribution in [0.15, 0.2) is 12.4 Å². The lowest BCUT2D eigenvalue weighted by molar-refractivity contribution is -0.125. The summed E-state index contributed by atoms with van der Waals surface area (Å²) in [5.74, 6) is 1.09. The van der Waals surface area contributed by atoms with Crippen molar-refractivity contribution in [2.75, 3.05) is 46.4 Å². The number of aromatic nitrogens is 2. The van der Waals surface area contributed by atoms with Gasteiger partial charge in [0.05, 0.1) is 12.5 Å². The van der Waals surface area contributed by atoms with E-state index in [-0.39, 0.29) is 11.8 Å². The number of hydrogen-bond donors (Lipinski definition) is 2. The van der Waals surface area contributed by atoms with Gasteiger partial charge in [0.1, 0.15) is 5.82 Å². The Morgan fingerprint density at radius 1 is 1.39 bits per heavy atom. The van der Waals surface area contributed by atoms with E-state index in [4.69, 9.17) is 4.74 Å². The van der Waals surface area contributed by atoms with E-state index in [1.807, 2.05) is 6.20 Å². The van der Waals surface area contributed by atoms with Gasteiger partial charge in [0.25, 0.3) is 0 Å². The van der Waals surface area contributed by atoms with Crippen LogP contribution in [0.1, 0.15) is 18.7 Å². The molecule has 1 aromatic rings.